The Balaban J connectivity index is 1.85. The minimum atomic E-state index is 0.579. The Morgan fingerprint density at radius 2 is 1.74 bits per heavy atom. The Labute approximate surface area is 164 Å². The number of anilines is 1. The number of nitrogens with one attached hydrogen (secondary N) is 1. The zero-order valence-corrected chi connectivity index (χ0v) is 17.7. The Morgan fingerprint density at radius 1 is 1.11 bits per heavy atom. The molecule has 1 aromatic heterocycles. The van der Waals surface area contributed by atoms with Gasteiger partial charge in [0.25, 0.3) is 0 Å². The lowest BCUT2D eigenvalue weighted by Gasteiger charge is -2.36. The number of nitrogens with zero attached hydrogens (tertiary/aromatic N) is 6. The molecule has 1 N–H and O–H groups in total. The highest BCUT2D eigenvalue weighted by Crippen LogP contribution is 2.10. The maximum absolute atomic E-state index is 4.88. The molecule has 0 spiro atoms. The first-order chi connectivity index (χ1) is 13.0. The molecule has 152 valence electrons. The number of aromatic nitrogens is 2. The average molecular weight is 376 g/mol. The third-order valence-corrected chi connectivity index (χ3v) is 4.91. The minimum absolute atomic E-state index is 0.579. The van der Waals surface area contributed by atoms with Gasteiger partial charge < -0.3 is 15.1 Å². The third-order valence-electron chi connectivity index (χ3n) is 4.91. The van der Waals surface area contributed by atoms with E-state index >= 15 is 0 Å². The molecule has 0 aliphatic carbocycles. The molecule has 0 unspecified atom stereocenters. The Morgan fingerprint density at radius 3 is 2.30 bits per heavy atom. The molecule has 7 nitrogen and oxygen atoms in total. The molecule has 1 aliphatic rings. The second-order valence-corrected chi connectivity index (χ2v) is 7.54. The van der Waals surface area contributed by atoms with Crippen molar-refractivity contribution < 1.29 is 0 Å². The van der Waals surface area contributed by atoms with Gasteiger partial charge in [0.15, 0.2) is 5.96 Å². The van der Waals surface area contributed by atoms with Crippen LogP contribution in [0.5, 0.6) is 0 Å². The largest absolute Gasteiger partial charge is 0.357 e. The molecule has 0 atom stereocenters. The van der Waals surface area contributed by atoms with E-state index in [1.807, 2.05) is 6.07 Å². The van der Waals surface area contributed by atoms with Crippen LogP contribution < -0.4 is 10.2 Å². The number of hydrogen-bond acceptors (Lipinski definition) is 5. The van der Waals surface area contributed by atoms with Crippen LogP contribution in [0.3, 0.4) is 0 Å². The summed E-state index contributed by atoms with van der Waals surface area (Å²) in [5.74, 6) is 1.85. The lowest BCUT2D eigenvalue weighted by molar-refractivity contribution is 0.174. The Bertz CT molecular complexity index is 543. The average Bonchev–Trinajstić information content (AvgIpc) is 2.67. The van der Waals surface area contributed by atoms with Gasteiger partial charge in [0.1, 0.15) is 0 Å². The number of guanidine groups is 1. The SMILES string of the molecule is CCNC(=NCCCN(C(C)C)C(C)C)N1CCN(c2ncccn2)CC1. The van der Waals surface area contributed by atoms with E-state index in [4.69, 9.17) is 4.99 Å². The molecule has 27 heavy (non-hydrogen) atoms. The molecule has 1 aromatic rings. The molecule has 0 amide bonds. The van der Waals surface area contributed by atoms with Gasteiger partial charge in [0.05, 0.1) is 0 Å². The summed E-state index contributed by atoms with van der Waals surface area (Å²) < 4.78 is 0. The summed E-state index contributed by atoms with van der Waals surface area (Å²) in [6.07, 6.45) is 4.69. The molecular weight excluding hydrogens is 338 g/mol. The van der Waals surface area contributed by atoms with Gasteiger partial charge in [0, 0.05) is 70.3 Å². The van der Waals surface area contributed by atoms with Crippen molar-refractivity contribution in [3.63, 3.8) is 0 Å². The van der Waals surface area contributed by atoms with Crippen molar-refractivity contribution in [2.75, 3.05) is 50.7 Å². The van der Waals surface area contributed by atoms with E-state index in [1.54, 1.807) is 12.4 Å². The lowest BCUT2D eigenvalue weighted by Crippen LogP contribution is -2.53. The monoisotopic (exact) mass is 375 g/mol. The van der Waals surface area contributed by atoms with E-state index in [2.05, 4.69) is 64.6 Å². The van der Waals surface area contributed by atoms with Crippen LogP contribution in [0.1, 0.15) is 41.0 Å². The fourth-order valence-corrected chi connectivity index (χ4v) is 3.55. The summed E-state index contributed by atoms with van der Waals surface area (Å²) in [6, 6.07) is 3.01. The first kappa shape index (κ1) is 21.4. The van der Waals surface area contributed by atoms with Gasteiger partial charge >= 0.3 is 0 Å². The van der Waals surface area contributed by atoms with Crippen molar-refractivity contribution in [3.8, 4) is 0 Å². The van der Waals surface area contributed by atoms with Crippen molar-refractivity contribution in [1.82, 2.24) is 25.1 Å². The number of piperazine rings is 1. The molecule has 2 rings (SSSR count). The maximum atomic E-state index is 4.88. The zero-order valence-electron chi connectivity index (χ0n) is 17.7. The number of hydrogen-bond donors (Lipinski definition) is 1. The maximum Gasteiger partial charge on any atom is 0.225 e. The van der Waals surface area contributed by atoms with Crippen LogP contribution >= 0.6 is 0 Å². The summed E-state index contributed by atoms with van der Waals surface area (Å²) in [5.41, 5.74) is 0. The third kappa shape index (κ3) is 6.65. The molecule has 0 aromatic carbocycles. The Kier molecular flexibility index (Phi) is 8.78. The van der Waals surface area contributed by atoms with Gasteiger partial charge in [-0.05, 0) is 47.1 Å². The highest BCUT2D eigenvalue weighted by Gasteiger charge is 2.21. The van der Waals surface area contributed by atoms with Crippen molar-refractivity contribution in [2.24, 2.45) is 4.99 Å². The molecule has 0 radical (unpaired) electrons. The van der Waals surface area contributed by atoms with Crippen molar-refractivity contribution in [1.29, 1.82) is 0 Å². The van der Waals surface area contributed by atoms with Gasteiger partial charge in [-0.25, -0.2) is 9.97 Å². The highest BCUT2D eigenvalue weighted by molar-refractivity contribution is 5.80. The van der Waals surface area contributed by atoms with E-state index < -0.39 is 0 Å². The summed E-state index contributed by atoms with van der Waals surface area (Å²) in [5, 5.41) is 3.45. The van der Waals surface area contributed by atoms with Crippen molar-refractivity contribution in [2.45, 2.75) is 53.1 Å². The van der Waals surface area contributed by atoms with E-state index in [1.165, 1.54) is 0 Å². The smallest absolute Gasteiger partial charge is 0.225 e. The summed E-state index contributed by atoms with van der Waals surface area (Å²) in [4.78, 5) is 20.7. The topological polar surface area (TPSA) is 59.9 Å². The van der Waals surface area contributed by atoms with Gasteiger partial charge in [-0.15, -0.1) is 0 Å². The number of aliphatic imine (C=N–C) groups is 1. The van der Waals surface area contributed by atoms with Crippen LogP contribution in [0.25, 0.3) is 0 Å². The second kappa shape index (κ2) is 11.1. The van der Waals surface area contributed by atoms with Crippen LogP contribution in [-0.2, 0) is 0 Å². The van der Waals surface area contributed by atoms with Gasteiger partial charge in [-0.1, -0.05) is 0 Å². The first-order valence-electron chi connectivity index (χ1n) is 10.3. The van der Waals surface area contributed by atoms with Crippen molar-refractivity contribution in [3.05, 3.63) is 18.5 Å². The fraction of sp³-hybridized carbons (Fsp3) is 0.750. The lowest BCUT2D eigenvalue weighted by atomic mass is 10.2. The summed E-state index contributed by atoms with van der Waals surface area (Å²) in [6.45, 7) is 17.8. The highest BCUT2D eigenvalue weighted by atomic mass is 15.4. The predicted molar refractivity (Wildman–Crippen MR) is 113 cm³/mol. The standard InChI is InChI=1S/C20H37N7/c1-6-21-19(24-11-8-12-27(17(2)3)18(4)5)25-13-15-26(16-14-25)20-22-9-7-10-23-20/h7,9-10,17-18H,6,8,11-16H2,1-5H3,(H,21,24). The van der Waals surface area contributed by atoms with E-state index in [-0.39, 0.29) is 0 Å². The Hall–Kier alpha value is -1.89. The molecule has 1 saturated heterocycles. The second-order valence-electron chi connectivity index (χ2n) is 7.54. The summed E-state index contributed by atoms with van der Waals surface area (Å²) >= 11 is 0. The van der Waals surface area contributed by atoms with E-state index in [9.17, 15) is 0 Å². The molecule has 0 bridgehead atoms. The fourth-order valence-electron chi connectivity index (χ4n) is 3.55. The van der Waals surface area contributed by atoms with Crippen LogP contribution in [0.4, 0.5) is 5.95 Å². The number of rotatable bonds is 8. The van der Waals surface area contributed by atoms with Gasteiger partial charge in [-0.3, -0.25) is 9.89 Å². The summed E-state index contributed by atoms with van der Waals surface area (Å²) in [7, 11) is 0. The van der Waals surface area contributed by atoms with Crippen LogP contribution in [0, 0.1) is 0 Å². The predicted octanol–water partition coefficient (Wildman–Crippen LogP) is 2.07. The quantitative estimate of drug-likeness (QED) is 0.426. The van der Waals surface area contributed by atoms with Crippen LogP contribution in [0.15, 0.2) is 23.5 Å². The molecule has 1 fully saturated rings. The van der Waals surface area contributed by atoms with E-state index in [0.29, 0.717) is 12.1 Å². The first-order valence-corrected chi connectivity index (χ1v) is 10.3. The van der Waals surface area contributed by atoms with Gasteiger partial charge in [-0.2, -0.15) is 0 Å². The normalized spacial score (nSPS) is 15.9. The minimum Gasteiger partial charge on any atom is -0.357 e. The van der Waals surface area contributed by atoms with Crippen LogP contribution in [0.2, 0.25) is 0 Å². The zero-order chi connectivity index (χ0) is 19.6. The molecule has 1 aliphatic heterocycles. The molecule has 2 heterocycles. The van der Waals surface area contributed by atoms with Gasteiger partial charge in [0.2, 0.25) is 5.95 Å². The molecule has 0 saturated carbocycles. The van der Waals surface area contributed by atoms with Crippen molar-refractivity contribution >= 4 is 11.9 Å². The van der Waals surface area contributed by atoms with E-state index in [0.717, 1.165) is 64.1 Å². The van der Waals surface area contributed by atoms with Crippen LogP contribution in [-0.4, -0.2) is 83.6 Å². The molecular formula is C20H37N7. The molecule has 7 heteroatoms.